The van der Waals surface area contributed by atoms with Crippen molar-refractivity contribution in [1.29, 1.82) is 0 Å². The zero-order valence-electron chi connectivity index (χ0n) is 17.1. The maximum atomic E-state index is 12.2. The third kappa shape index (κ3) is 3.90. The van der Waals surface area contributed by atoms with Gasteiger partial charge >= 0.3 is 0 Å². The predicted molar refractivity (Wildman–Crippen MR) is 113 cm³/mol. The lowest BCUT2D eigenvalue weighted by atomic mass is 10.0. The van der Waals surface area contributed by atoms with Crippen LogP contribution in [-0.4, -0.2) is 46.2 Å². The minimum atomic E-state index is 0.0358. The lowest BCUT2D eigenvalue weighted by molar-refractivity contribution is -0.133. The summed E-state index contributed by atoms with van der Waals surface area (Å²) in [6, 6.07) is 12.0. The van der Waals surface area contributed by atoms with Crippen molar-refractivity contribution in [2.45, 2.75) is 32.7 Å². The van der Waals surface area contributed by atoms with Crippen molar-refractivity contribution >= 4 is 22.8 Å². The molecular weight excluding hydrogens is 366 g/mol. The summed E-state index contributed by atoms with van der Waals surface area (Å²) in [5, 5.41) is 11.8. The number of carbonyl (C=O) groups is 1. The third-order valence-corrected chi connectivity index (χ3v) is 5.50. The summed E-state index contributed by atoms with van der Waals surface area (Å²) in [5.74, 6) is 2.15. The smallest absolute Gasteiger partial charge is 0.225 e. The highest BCUT2D eigenvalue weighted by atomic mass is 16.5. The average molecular weight is 393 g/mol. The first kappa shape index (κ1) is 19.2. The number of ether oxygens (including phenoxy) is 1. The molecule has 2 aromatic heterocycles. The maximum absolute atomic E-state index is 12.2. The Bertz CT molecular complexity index is 1010. The number of aromatic nitrogens is 3. The second-order valence-electron chi connectivity index (χ2n) is 7.79. The van der Waals surface area contributed by atoms with Crippen LogP contribution in [0.2, 0.25) is 0 Å². The molecule has 3 aromatic rings. The number of H-pyrrole nitrogens is 1. The van der Waals surface area contributed by atoms with Crippen molar-refractivity contribution < 1.29 is 9.53 Å². The summed E-state index contributed by atoms with van der Waals surface area (Å²) in [4.78, 5) is 19.0. The number of likely N-dealkylation sites (tertiary alicyclic amines) is 1. The van der Waals surface area contributed by atoms with E-state index in [-0.39, 0.29) is 17.7 Å². The fourth-order valence-corrected chi connectivity index (χ4v) is 3.88. The number of nitrogens with one attached hydrogen (secondary N) is 2. The molecule has 0 aliphatic carbocycles. The van der Waals surface area contributed by atoms with Crippen LogP contribution in [0.15, 0.2) is 36.4 Å². The number of carbonyl (C=O) groups excluding carboxylic acids is 1. The van der Waals surface area contributed by atoms with Crippen molar-refractivity contribution in [2.24, 2.45) is 5.92 Å². The molecule has 7 heteroatoms. The van der Waals surface area contributed by atoms with Crippen LogP contribution in [-0.2, 0) is 11.3 Å². The molecule has 1 saturated heterocycles. The van der Waals surface area contributed by atoms with Gasteiger partial charge in [-0.15, -0.1) is 0 Å². The van der Waals surface area contributed by atoms with E-state index in [1.165, 1.54) is 0 Å². The van der Waals surface area contributed by atoms with E-state index in [9.17, 15) is 4.79 Å². The van der Waals surface area contributed by atoms with Gasteiger partial charge in [0.05, 0.1) is 12.5 Å². The number of anilines is 1. The van der Waals surface area contributed by atoms with Crippen LogP contribution in [0.3, 0.4) is 0 Å². The van der Waals surface area contributed by atoms with Gasteiger partial charge in [-0.2, -0.15) is 5.10 Å². The molecule has 29 heavy (non-hydrogen) atoms. The molecule has 1 amide bonds. The standard InChI is InChI=1S/C22H27N5O2/c1-14(2)22(28)27-11-10-16(13-27)18-9-8-17-20(25-26-21(17)24-18)23-12-15-6-4-5-7-19(15)29-3/h4-9,14,16H,10-13H2,1-3H3,(H2,23,24,25,26). The molecule has 2 N–H and O–H groups in total. The molecule has 1 fully saturated rings. The molecule has 0 bridgehead atoms. The largest absolute Gasteiger partial charge is 0.496 e. The highest BCUT2D eigenvalue weighted by Gasteiger charge is 2.29. The first-order valence-corrected chi connectivity index (χ1v) is 10.1. The Morgan fingerprint density at radius 2 is 2.14 bits per heavy atom. The second-order valence-corrected chi connectivity index (χ2v) is 7.79. The maximum Gasteiger partial charge on any atom is 0.225 e. The van der Waals surface area contributed by atoms with E-state index in [2.05, 4.69) is 27.6 Å². The Morgan fingerprint density at radius 1 is 1.31 bits per heavy atom. The summed E-state index contributed by atoms with van der Waals surface area (Å²) >= 11 is 0. The molecule has 1 unspecified atom stereocenters. The highest BCUT2D eigenvalue weighted by Crippen LogP contribution is 2.29. The van der Waals surface area contributed by atoms with E-state index in [1.54, 1.807) is 7.11 Å². The third-order valence-electron chi connectivity index (χ3n) is 5.50. The number of nitrogens with zero attached hydrogens (tertiary/aromatic N) is 3. The van der Waals surface area contributed by atoms with Crippen LogP contribution in [0.25, 0.3) is 11.0 Å². The molecule has 0 radical (unpaired) electrons. The number of amides is 1. The fourth-order valence-electron chi connectivity index (χ4n) is 3.88. The van der Waals surface area contributed by atoms with E-state index < -0.39 is 0 Å². The van der Waals surface area contributed by atoms with Crippen LogP contribution in [0.4, 0.5) is 5.82 Å². The Balaban J connectivity index is 1.47. The van der Waals surface area contributed by atoms with E-state index in [4.69, 9.17) is 9.72 Å². The minimum absolute atomic E-state index is 0.0358. The Labute approximate surface area is 170 Å². The molecule has 4 rings (SSSR count). The highest BCUT2D eigenvalue weighted by molar-refractivity contribution is 5.87. The minimum Gasteiger partial charge on any atom is -0.496 e. The van der Waals surface area contributed by atoms with Gasteiger partial charge in [0.25, 0.3) is 0 Å². The van der Waals surface area contributed by atoms with Crippen molar-refractivity contribution in [1.82, 2.24) is 20.1 Å². The molecule has 152 valence electrons. The first-order chi connectivity index (χ1) is 14.1. The van der Waals surface area contributed by atoms with Gasteiger partial charge in [-0.25, -0.2) is 4.98 Å². The lowest BCUT2D eigenvalue weighted by Gasteiger charge is -2.18. The quantitative estimate of drug-likeness (QED) is 0.669. The van der Waals surface area contributed by atoms with Crippen LogP contribution in [0.1, 0.15) is 37.4 Å². The molecule has 3 heterocycles. The van der Waals surface area contributed by atoms with Crippen LogP contribution < -0.4 is 10.1 Å². The number of rotatable bonds is 6. The zero-order valence-corrected chi connectivity index (χ0v) is 17.1. The van der Waals surface area contributed by atoms with Crippen molar-refractivity contribution in [3.05, 3.63) is 47.7 Å². The Morgan fingerprint density at radius 3 is 2.93 bits per heavy atom. The number of pyridine rings is 1. The second kappa shape index (κ2) is 8.11. The number of benzene rings is 1. The number of fused-ring (bicyclic) bond motifs is 1. The molecule has 1 aliphatic rings. The summed E-state index contributed by atoms with van der Waals surface area (Å²) in [7, 11) is 1.67. The van der Waals surface area contributed by atoms with Gasteiger partial charge in [0.15, 0.2) is 11.5 Å². The Hall–Kier alpha value is -3.09. The molecule has 1 aromatic carbocycles. The first-order valence-electron chi connectivity index (χ1n) is 10.1. The van der Waals surface area contributed by atoms with Crippen molar-refractivity contribution in [2.75, 3.05) is 25.5 Å². The molecular formula is C22H27N5O2. The number of hydrogen-bond acceptors (Lipinski definition) is 5. The fraction of sp³-hybridized carbons (Fsp3) is 0.409. The zero-order chi connectivity index (χ0) is 20.4. The lowest BCUT2D eigenvalue weighted by Crippen LogP contribution is -2.32. The van der Waals surface area contributed by atoms with Crippen LogP contribution in [0, 0.1) is 5.92 Å². The molecule has 1 atom stereocenters. The van der Waals surface area contributed by atoms with Gasteiger partial charge in [0.2, 0.25) is 5.91 Å². The van der Waals surface area contributed by atoms with Gasteiger partial charge in [-0.1, -0.05) is 32.0 Å². The number of methoxy groups -OCH3 is 1. The summed E-state index contributed by atoms with van der Waals surface area (Å²) < 4.78 is 5.41. The van der Waals surface area contributed by atoms with E-state index in [0.29, 0.717) is 6.54 Å². The van der Waals surface area contributed by atoms with Crippen LogP contribution >= 0.6 is 0 Å². The summed E-state index contributed by atoms with van der Waals surface area (Å²) in [6.07, 6.45) is 0.948. The van der Waals surface area contributed by atoms with E-state index in [1.807, 2.05) is 43.0 Å². The normalized spacial score (nSPS) is 16.6. The van der Waals surface area contributed by atoms with Crippen molar-refractivity contribution in [3.63, 3.8) is 0 Å². The molecule has 7 nitrogen and oxygen atoms in total. The summed E-state index contributed by atoms with van der Waals surface area (Å²) in [6.45, 7) is 6.05. The molecule has 0 spiro atoms. The molecule has 0 saturated carbocycles. The number of para-hydroxylation sites is 1. The monoisotopic (exact) mass is 393 g/mol. The van der Waals surface area contributed by atoms with Gasteiger partial charge in [-0.3, -0.25) is 9.89 Å². The SMILES string of the molecule is COc1ccccc1CNc1n[nH]c2nc(C3CCN(C(=O)C(C)C)C3)ccc12. The van der Waals surface area contributed by atoms with Gasteiger partial charge in [0.1, 0.15) is 5.75 Å². The topological polar surface area (TPSA) is 83.1 Å². The average Bonchev–Trinajstić information content (AvgIpc) is 3.38. The number of aromatic amines is 1. The predicted octanol–water partition coefficient (Wildman–Crippen LogP) is 3.55. The van der Waals surface area contributed by atoms with E-state index >= 15 is 0 Å². The van der Waals surface area contributed by atoms with E-state index in [0.717, 1.165) is 53.4 Å². The summed E-state index contributed by atoms with van der Waals surface area (Å²) in [5.41, 5.74) is 2.84. The molecule has 1 aliphatic heterocycles. The van der Waals surface area contributed by atoms with Crippen LogP contribution in [0.5, 0.6) is 5.75 Å². The van der Waals surface area contributed by atoms with Crippen molar-refractivity contribution in [3.8, 4) is 5.75 Å². The van der Waals surface area contributed by atoms with Gasteiger partial charge in [0, 0.05) is 42.7 Å². The van der Waals surface area contributed by atoms with Gasteiger partial charge in [-0.05, 0) is 24.6 Å². The van der Waals surface area contributed by atoms with Gasteiger partial charge < -0.3 is 15.0 Å². The Kier molecular flexibility index (Phi) is 5.38. The number of hydrogen-bond donors (Lipinski definition) is 2.